The van der Waals surface area contributed by atoms with Gasteiger partial charge in [-0.15, -0.1) is 0 Å². The molecule has 0 bridgehead atoms. The van der Waals surface area contributed by atoms with Crippen LogP contribution in [-0.4, -0.2) is 46.6 Å². The van der Waals surface area contributed by atoms with Crippen molar-refractivity contribution < 1.29 is 13.5 Å². The molecule has 2 aliphatic rings. The van der Waals surface area contributed by atoms with E-state index in [1.807, 2.05) is 28.8 Å². The lowest BCUT2D eigenvalue weighted by atomic mass is 9.90. The molecule has 1 aromatic carbocycles. The molecule has 0 radical (unpaired) electrons. The number of rotatable bonds is 2. The lowest BCUT2D eigenvalue weighted by Gasteiger charge is -2.24. The maximum atomic E-state index is 11.6. The first-order valence-corrected chi connectivity index (χ1v) is 8.54. The van der Waals surface area contributed by atoms with Gasteiger partial charge in [0.2, 0.25) is 0 Å². The number of aromatic nitrogens is 2. The Kier molecular flexibility index (Phi) is 2.92. The van der Waals surface area contributed by atoms with Gasteiger partial charge < -0.3 is 9.67 Å². The zero-order valence-electron chi connectivity index (χ0n) is 11.7. The summed E-state index contributed by atoms with van der Waals surface area (Å²) in [7, 11) is -3.79. The van der Waals surface area contributed by atoms with Crippen molar-refractivity contribution in [1.82, 2.24) is 13.9 Å². The Hall–Kier alpha value is -1.74. The maximum absolute atomic E-state index is 11.6. The van der Waals surface area contributed by atoms with Gasteiger partial charge in [-0.05, 0) is 5.56 Å². The Bertz CT molecular complexity index is 832. The quantitative estimate of drug-likeness (QED) is 0.810. The van der Waals surface area contributed by atoms with Gasteiger partial charge >= 0.3 is 0 Å². The summed E-state index contributed by atoms with van der Waals surface area (Å²) < 4.78 is 26.3. The number of hydrogen-bond donors (Lipinski definition) is 2. The normalized spacial score (nSPS) is 27.8. The number of nitrogens with two attached hydrogens (primary N) is 1. The van der Waals surface area contributed by atoms with Gasteiger partial charge in [-0.3, -0.25) is 0 Å². The standard InChI is InChI=1S/C14H16N4O3S/c15-22(20,21)17-6-11(13(19)7-17)14-10-4-2-1-3-9(10)12-5-16-8-18(12)14/h1-5,8,11,13-14,19H,6-7H2,(H2,15,20,21)/t11-,13-,14+/m0/s1. The van der Waals surface area contributed by atoms with Gasteiger partial charge in [0.05, 0.1) is 30.4 Å². The summed E-state index contributed by atoms with van der Waals surface area (Å²) in [5, 5.41) is 15.6. The molecule has 4 rings (SSSR count). The van der Waals surface area contributed by atoms with E-state index < -0.39 is 16.3 Å². The molecule has 1 fully saturated rings. The fraction of sp³-hybridized carbons (Fsp3) is 0.357. The number of fused-ring (bicyclic) bond motifs is 3. The van der Waals surface area contributed by atoms with Crippen LogP contribution in [0, 0.1) is 5.92 Å². The summed E-state index contributed by atoms with van der Waals surface area (Å²) in [5.41, 5.74) is 3.15. The van der Waals surface area contributed by atoms with Crippen LogP contribution < -0.4 is 5.14 Å². The van der Waals surface area contributed by atoms with Crippen LogP contribution in [0.5, 0.6) is 0 Å². The van der Waals surface area contributed by atoms with E-state index in [1.54, 1.807) is 12.5 Å². The predicted molar refractivity (Wildman–Crippen MR) is 80.0 cm³/mol. The van der Waals surface area contributed by atoms with Crippen molar-refractivity contribution >= 4 is 10.2 Å². The fourth-order valence-electron chi connectivity index (χ4n) is 3.60. The molecule has 1 saturated heterocycles. The van der Waals surface area contributed by atoms with E-state index in [0.29, 0.717) is 0 Å². The largest absolute Gasteiger partial charge is 0.391 e. The van der Waals surface area contributed by atoms with Gasteiger partial charge in [0.1, 0.15) is 0 Å². The van der Waals surface area contributed by atoms with E-state index in [1.165, 1.54) is 0 Å². The second-order valence-electron chi connectivity index (χ2n) is 5.81. The molecule has 0 unspecified atom stereocenters. The Labute approximate surface area is 128 Å². The van der Waals surface area contributed by atoms with Gasteiger partial charge in [0.15, 0.2) is 0 Å². The van der Waals surface area contributed by atoms with Crippen molar-refractivity contribution in [2.24, 2.45) is 11.1 Å². The number of aliphatic hydroxyl groups excluding tert-OH is 1. The molecule has 0 amide bonds. The molecule has 0 spiro atoms. The highest BCUT2D eigenvalue weighted by molar-refractivity contribution is 7.86. The summed E-state index contributed by atoms with van der Waals surface area (Å²) in [6.07, 6.45) is 2.76. The summed E-state index contributed by atoms with van der Waals surface area (Å²) in [6, 6.07) is 7.81. The number of nitrogens with zero attached hydrogens (tertiary/aromatic N) is 3. The van der Waals surface area contributed by atoms with Crippen molar-refractivity contribution in [1.29, 1.82) is 0 Å². The predicted octanol–water partition coefficient (Wildman–Crippen LogP) is -0.0509. The highest BCUT2D eigenvalue weighted by atomic mass is 32.2. The minimum absolute atomic E-state index is 0.0339. The molecule has 1 aromatic heterocycles. The average Bonchev–Trinajstić information content (AvgIpc) is 3.12. The lowest BCUT2D eigenvalue weighted by Crippen LogP contribution is -2.35. The van der Waals surface area contributed by atoms with Crippen molar-refractivity contribution in [3.8, 4) is 11.3 Å². The summed E-state index contributed by atoms with van der Waals surface area (Å²) in [6.45, 7) is 0.239. The van der Waals surface area contributed by atoms with E-state index in [4.69, 9.17) is 5.14 Å². The highest BCUT2D eigenvalue weighted by Gasteiger charge is 2.44. The Morgan fingerprint density at radius 3 is 2.77 bits per heavy atom. The number of aliphatic hydroxyl groups is 1. The Morgan fingerprint density at radius 1 is 1.27 bits per heavy atom. The molecule has 3 N–H and O–H groups in total. The van der Waals surface area contributed by atoms with E-state index in [9.17, 15) is 13.5 Å². The van der Waals surface area contributed by atoms with Crippen LogP contribution >= 0.6 is 0 Å². The van der Waals surface area contributed by atoms with E-state index in [0.717, 1.165) is 21.1 Å². The Morgan fingerprint density at radius 2 is 2.05 bits per heavy atom. The first kappa shape index (κ1) is 13.9. The highest BCUT2D eigenvalue weighted by Crippen LogP contribution is 2.45. The van der Waals surface area contributed by atoms with Crippen LogP contribution in [0.15, 0.2) is 36.8 Å². The van der Waals surface area contributed by atoms with E-state index in [-0.39, 0.29) is 25.0 Å². The zero-order chi connectivity index (χ0) is 15.5. The zero-order valence-corrected chi connectivity index (χ0v) is 12.5. The number of benzene rings is 1. The minimum atomic E-state index is -3.79. The van der Waals surface area contributed by atoms with Gasteiger partial charge in [0, 0.05) is 24.6 Å². The van der Waals surface area contributed by atoms with Crippen LogP contribution in [0.25, 0.3) is 11.3 Å². The molecule has 0 aliphatic carbocycles. The molecule has 8 heteroatoms. The first-order valence-electron chi connectivity index (χ1n) is 7.04. The molecule has 3 heterocycles. The van der Waals surface area contributed by atoms with Crippen molar-refractivity contribution in [3.05, 3.63) is 42.4 Å². The average molecular weight is 320 g/mol. The van der Waals surface area contributed by atoms with Crippen molar-refractivity contribution in [3.63, 3.8) is 0 Å². The summed E-state index contributed by atoms with van der Waals surface area (Å²) in [5.74, 6) is -0.255. The molecular formula is C14H16N4O3S. The van der Waals surface area contributed by atoms with Gasteiger partial charge in [-0.25, -0.2) is 10.1 Å². The van der Waals surface area contributed by atoms with Gasteiger partial charge in [-0.1, -0.05) is 24.3 Å². The topological polar surface area (TPSA) is 101 Å². The van der Waals surface area contributed by atoms with Crippen LogP contribution in [0.2, 0.25) is 0 Å². The minimum Gasteiger partial charge on any atom is -0.391 e. The summed E-state index contributed by atoms with van der Waals surface area (Å²) >= 11 is 0. The second-order valence-corrected chi connectivity index (χ2v) is 7.36. The SMILES string of the molecule is NS(=O)(=O)N1C[C@H]([C@H]2c3ccccc3-c3cncn32)[C@@H](O)C1. The molecule has 2 aromatic rings. The monoisotopic (exact) mass is 320 g/mol. The van der Waals surface area contributed by atoms with Crippen LogP contribution in [0.4, 0.5) is 0 Å². The van der Waals surface area contributed by atoms with Gasteiger partial charge in [-0.2, -0.15) is 12.7 Å². The third kappa shape index (κ3) is 1.92. The molecule has 22 heavy (non-hydrogen) atoms. The third-order valence-electron chi connectivity index (χ3n) is 4.59. The molecule has 7 nitrogen and oxygen atoms in total. The first-order chi connectivity index (χ1) is 10.5. The van der Waals surface area contributed by atoms with E-state index in [2.05, 4.69) is 4.98 Å². The number of hydrogen-bond acceptors (Lipinski definition) is 4. The van der Waals surface area contributed by atoms with Crippen LogP contribution in [0.3, 0.4) is 0 Å². The van der Waals surface area contributed by atoms with Crippen LogP contribution in [0.1, 0.15) is 11.6 Å². The molecule has 0 saturated carbocycles. The molecule has 2 aliphatic heterocycles. The van der Waals surface area contributed by atoms with Gasteiger partial charge in [0.25, 0.3) is 10.2 Å². The second kappa shape index (κ2) is 4.63. The molecule has 116 valence electrons. The smallest absolute Gasteiger partial charge is 0.277 e. The fourth-order valence-corrected chi connectivity index (χ4v) is 4.34. The lowest BCUT2D eigenvalue weighted by molar-refractivity contribution is 0.126. The molecule has 3 atom stereocenters. The van der Waals surface area contributed by atoms with E-state index >= 15 is 0 Å². The number of imidazole rings is 1. The Balaban J connectivity index is 1.78. The summed E-state index contributed by atoms with van der Waals surface area (Å²) in [4.78, 5) is 4.18. The maximum Gasteiger partial charge on any atom is 0.277 e. The van der Waals surface area contributed by atoms with Crippen molar-refractivity contribution in [2.45, 2.75) is 12.1 Å². The van der Waals surface area contributed by atoms with Crippen molar-refractivity contribution in [2.75, 3.05) is 13.1 Å². The number of β-amino-alcohol motifs (C(OH)–C–C–N with tert-alkyl or cyclic N) is 1. The molecular weight excluding hydrogens is 304 g/mol. The third-order valence-corrected chi connectivity index (χ3v) is 5.60. The van der Waals surface area contributed by atoms with Crippen LogP contribution in [-0.2, 0) is 10.2 Å².